The van der Waals surface area contributed by atoms with Crippen LogP contribution >= 0.6 is 22.6 Å². The highest BCUT2D eigenvalue weighted by Crippen LogP contribution is 2.48. The van der Waals surface area contributed by atoms with Crippen LogP contribution in [0.4, 0.5) is 0 Å². The van der Waals surface area contributed by atoms with E-state index in [2.05, 4.69) is 95.3 Å². The predicted octanol–water partition coefficient (Wildman–Crippen LogP) is 4.29. The van der Waals surface area contributed by atoms with Gasteiger partial charge in [-0.25, -0.2) is 4.79 Å². The zero-order valence-electron chi connectivity index (χ0n) is 23.7. The van der Waals surface area contributed by atoms with Gasteiger partial charge < -0.3 is 23.4 Å². The average molecular weight is 657 g/mol. The molecule has 12 heteroatoms. The lowest BCUT2D eigenvalue weighted by Crippen LogP contribution is -2.58. The van der Waals surface area contributed by atoms with E-state index in [-0.39, 0.29) is 10.1 Å². The zero-order valence-corrected chi connectivity index (χ0v) is 27.8. The van der Waals surface area contributed by atoms with E-state index in [1.54, 1.807) is 6.92 Å². The Bertz CT molecular complexity index is 1030. The van der Waals surface area contributed by atoms with Gasteiger partial charge in [0.1, 0.15) is 18.8 Å². The summed E-state index contributed by atoms with van der Waals surface area (Å²) >= 11 is 2.20. The van der Waals surface area contributed by atoms with Crippen LogP contribution in [0.1, 0.15) is 53.3 Å². The molecule has 36 heavy (non-hydrogen) atoms. The molecule has 2 heterocycles. The summed E-state index contributed by atoms with van der Waals surface area (Å²) in [6.07, 6.45) is -1.06. The smallest absolute Gasteiger partial charge is 0.330 e. The Balaban J connectivity index is 2.79. The first kappa shape index (κ1) is 31.9. The molecule has 0 spiro atoms. The summed E-state index contributed by atoms with van der Waals surface area (Å²) in [6.45, 7) is 22.8. The van der Waals surface area contributed by atoms with E-state index in [0.29, 0.717) is 16.6 Å². The van der Waals surface area contributed by atoms with Crippen LogP contribution < -0.4 is 11.2 Å². The first-order valence-electron chi connectivity index (χ1n) is 12.4. The van der Waals surface area contributed by atoms with Crippen molar-refractivity contribution in [1.82, 2.24) is 9.55 Å². The number of ether oxygens (including phenoxy) is 2. The Kier molecular flexibility index (Phi) is 9.76. The Morgan fingerprint density at radius 1 is 1.08 bits per heavy atom. The first-order valence-corrected chi connectivity index (χ1v) is 19.7. The summed E-state index contributed by atoms with van der Waals surface area (Å²) in [5, 5.41) is 10.4. The summed E-state index contributed by atoms with van der Waals surface area (Å²) in [6, 6.07) is 0. The molecule has 0 aromatic carbocycles. The number of aryl methyl sites for hydroxylation is 1. The van der Waals surface area contributed by atoms with Crippen molar-refractivity contribution < 1.29 is 23.4 Å². The van der Waals surface area contributed by atoms with Gasteiger partial charge in [-0.3, -0.25) is 14.3 Å². The van der Waals surface area contributed by atoms with Gasteiger partial charge in [-0.15, -0.1) is 0 Å². The second-order valence-electron chi connectivity index (χ2n) is 12.6. The second kappa shape index (κ2) is 11.0. The van der Waals surface area contributed by atoms with E-state index in [0.717, 1.165) is 0 Å². The molecule has 1 saturated heterocycles. The molecule has 1 fully saturated rings. The minimum Gasteiger partial charge on any atom is -0.406 e. The number of aliphatic hydroxyl groups is 1. The van der Waals surface area contributed by atoms with E-state index in [9.17, 15) is 14.7 Å². The van der Waals surface area contributed by atoms with Crippen LogP contribution in [0.2, 0.25) is 36.3 Å². The third kappa shape index (κ3) is 6.43. The summed E-state index contributed by atoms with van der Waals surface area (Å²) < 4.78 is 28.5. The van der Waals surface area contributed by atoms with E-state index in [4.69, 9.17) is 18.3 Å². The van der Waals surface area contributed by atoms with Gasteiger partial charge in [0, 0.05) is 16.2 Å². The first-order chi connectivity index (χ1) is 16.2. The average Bonchev–Trinajstić information content (AvgIpc) is 3.00. The van der Waals surface area contributed by atoms with Crippen LogP contribution in [-0.2, 0) is 18.3 Å². The van der Waals surface area contributed by atoms with Gasteiger partial charge in [-0.2, -0.15) is 0 Å². The van der Waals surface area contributed by atoms with Crippen molar-refractivity contribution in [2.75, 3.05) is 17.6 Å². The molecule has 0 aliphatic carbocycles. The summed E-state index contributed by atoms with van der Waals surface area (Å²) in [4.78, 5) is 27.5. The molecule has 0 bridgehead atoms. The maximum absolute atomic E-state index is 13.0. The molecule has 0 unspecified atom stereocenters. The van der Waals surface area contributed by atoms with Crippen molar-refractivity contribution >= 4 is 39.2 Å². The van der Waals surface area contributed by atoms with E-state index in [1.807, 2.05) is 0 Å². The van der Waals surface area contributed by atoms with Gasteiger partial charge in [-0.05, 0) is 43.2 Å². The summed E-state index contributed by atoms with van der Waals surface area (Å²) in [5.74, 6) is -1.54. The predicted molar refractivity (Wildman–Crippen MR) is 155 cm³/mol. The molecular weight excluding hydrogens is 611 g/mol. The van der Waals surface area contributed by atoms with Gasteiger partial charge in [-0.1, -0.05) is 64.1 Å². The Morgan fingerprint density at radius 2 is 1.61 bits per heavy atom. The van der Waals surface area contributed by atoms with Gasteiger partial charge in [0.2, 0.25) is 5.79 Å². The molecule has 0 saturated carbocycles. The number of aromatic nitrogens is 2. The number of halogens is 1. The maximum atomic E-state index is 13.0. The number of H-pyrrole nitrogens is 1. The van der Waals surface area contributed by atoms with Crippen molar-refractivity contribution in [1.29, 1.82) is 0 Å². The summed E-state index contributed by atoms with van der Waals surface area (Å²) in [5.41, 5.74) is -0.714. The minimum absolute atomic E-state index is 0.136. The molecule has 9 nitrogen and oxygen atoms in total. The van der Waals surface area contributed by atoms with Crippen molar-refractivity contribution in [2.45, 2.75) is 109 Å². The third-order valence-corrected chi connectivity index (χ3v) is 17.2. The Hall–Kier alpha value is -0.356. The second-order valence-corrected chi connectivity index (χ2v) is 23.2. The zero-order chi connectivity index (χ0) is 27.9. The van der Waals surface area contributed by atoms with Crippen molar-refractivity contribution in [3.63, 3.8) is 0 Å². The fourth-order valence-electron chi connectivity index (χ4n) is 3.52. The molecule has 208 valence electrons. The van der Waals surface area contributed by atoms with Gasteiger partial charge in [0.15, 0.2) is 22.9 Å². The van der Waals surface area contributed by atoms with Gasteiger partial charge in [0.25, 0.3) is 5.56 Å². The van der Waals surface area contributed by atoms with Crippen molar-refractivity contribution in [3.05, 3.63) is 32.6 Å². The van der Waals surface area contributed by atoms with E-state index in [1.165, 1.54) is 10.8 Å². The third-order valence-electron chi connectivity index (χ3n) is 7.86. The maximum Gasteiger partial charge on any atom is 0.330 e. The monoisotopic (exact) mass is 656 g/mol. The molecular formula is C24H45IN2O7Si2. The van der Waals surface area contributed by atoms with Crippen LogP contribution in [0.3, 0.4) is 0 Å². The van der Waals surface area contributed by atoms with Crippen LogP contribution in [0.5, 0.6) is 0 Å². The number of alkyl halides is 1. The quantitative estimate of drug-likeness (QED) is 0.232. The van der Waals surface area contributed by atoms with E-state index < -0.39 is 58.7 Å². The van der Waals surface area contributed by atoms with E-state index >= 15 is 0 Å². The summed E-state index contributed by atoms with van der Waals surface area (Å²) in [7, 11) is -4.85. The normalized spacial score (nSPS) is 26.0. The number of hydrogen-bond donors (Lipinski definition) is 2. The largest absolute Gasteiger partial charge is 0.406 e. The molecule has 0 radical (unpaired) electrons. The number of hydrogen-bond acceptors (Lipinski definition) is 7. The molecule has 1 aliphatic heterocycles. The minimum atomic E-state index is -2.43. The van der Waals surface area contributed by atoms with Crippen molar-refractivity contribution in [2.24, 2.45) is 0 Å². The Labute approximate surface area is 230 Å². The lowest BCUT2D eigenvalue weighted by atomic mass is 10.1. The Morgan fingerprint density at radius 3 is 2.08 bits per heavy atom. The van der Waals surface area contributed by atoms with Gasteiger partial charge >= 0.3 is 5.69 Å². The molecule has 4 atom stereocenters. The molecule has 0 amide bonds. The number of nitrogens with one attached hydrogen (secondary N) is 1. The number of aromatic amines is 1. The number of aliphatic hydroxyl groups excluding tert-OH is 1. The van der Waals surface area contributed by atoms with Crippen LogP contribution in [0.25, 0.3) is 0 Å². The van der Waals surface area contributed by atoms with Crippen molar-refractivity contribution in [3.8, 4) is 0 Å². The van der Waals surface area contributed by atoms with Crippen LogP contribution in [0.15, 0.2) is 15.8 Å². The molecule has 1 aromatic heterocycles. The van der Waals surface area contributed by atoms with Crippen LogP contribution in [0, 0.1) is 6.92 Å². The molecule has 2 N–H and O–H groups in total. The topological polar surface area (TPSA) is 112 Å². The highest BCUT2D eigenvalue weighted by Gasteiger charge is 2.62. The lowest BCUT2D eigenvalue weighted by molar-refractivity contribution is -0.277. The number of rotatable bonds is 9. The highest BCUT2D eigenvalue weighted by atomic mass is 127. The number of nitrogens with zero attached hydrogens (tertiary/aromatic N) is 1. The fraction of sp³-hybridized carbons (Fsp3) is 0.833. The SMILES string of the molecule is Cc1cn([C@@H]2O[C@@](CO)(OCCI)[C@@H](O[Si](C)(C)C(C)(C)C)[C@H]2O[Si](C)(C)C(C)(C)C)c(=O)[nH]c1=O. The molecule has 2 rings (SSSR count). The van der Waals surface area contributed by atoms with Crippen LogP contribution in [-0.4, -0.2) is 66.9 Å². The standard InChI is InChI=1S/C24H45IN2O7Si2/c1-16-14-27(21(30)26-19(16)29)20-17(33-35(8,9)22(2,3)4)18(34-36(10,11)23(5,6)7)24(15-28,32-20)31-13-12-25/h14,17-18,20,28H,12-13,15H2,1-11H3,(H,26,29,30)/t17-,18+,20-,24-/m1/s1. The highest BCUT2D eigenvalue weighted by molar-refractivity contribution is 14.1. The fourth-order valence-corrected chi connectivity index (χ4v) is 6.31. The molecule has 1 aromatic rings. The molecule has 1 aliphatic rings. The lowest BCUT2D eigenvalue weighted by Gasteiger charge is -2.45. The van der Waals surface area contributed by atoms with Gasteiger partial charge in [0.05, 0.1) is 6.61 Å².